The highest BCUT2D eigenvalue weighted by Crippen LogP contribution is 2.16. The number of alkyl halides is 1. The van der Waals surface area contributed by atoms with Gasteiger partial charge in [0.25, 0.3) is 0 Å². The van der Waals surface area contributed by atoms with E-state index in [1.54, 1.807) is 0 Å². The summed E-state index contributed by atoms with van der Waals surface area (Å²) >= 11 is 5.34. The Hall–Kier alpha value is -0.540. The van der Waals surface area contributed by atoms with E-state index in [4.69, 9.17) is 16.7 Å². The van der Waals surface area contributed by atoms with Crippen LogP contribution in [0.25, 0.3) is 0 Å². The zero-order valence-corrected chi connectivity index (χ0v) is 6.99. The van der Waals surface area contributed by atoms with Crippen LogP contribution in [0.15, 0.2) is 12.3 Å². The molecule has 1 N–H and O–H groups in total. The Labute approximate surface area is 74.4 Å². The van der Waals surface area contributed by atoms with Gasteiger partial charge in [0.2, 0.25) is 0 Å². The van der Waals surface area contributed by atoms with Crippen LogP contribution < -0.4 is 0 Å². The summed E-state index contributed by atoms with van der Waals surface area (Å²) in [6, 6.07) is 0.977. The molecule has 1 aromatic rings. The topological polar surface area (TPSA) is 33.1 Å². The molecule has 0 aliphatic carbocycles. The van der Waals surface area contributed by atoms with Crippen molar-refractivity contribution < 1.29 is 9.50 Å². The third-order valence-electron chi connectivity index (χ3n) is 1.04. The van der Waals surface area contributed by atoms with Gasteiger partial charge in [-0.2, -0.15) is 0 Å². The Morgan fingerprint density at radius 1 is 1.64 bits per heavy atom. The molecule has 62 valence electrons. The predicted molar refractivity (Wildman–Crippen MR) is 42.7 cm³/mol. The van der Waals surface area contributed by atoms with Crippen LogP contribution in [0.1, 0.15) is 5.69 Å². The summed E-state index contributed by atoms with van der Waals surface area (Å²) < 4.78 is 12.2. The molecule has 0 saturated carbocycles. The molecule has 5 heteroatoms. The minimum Gasteiger partial charge on any atom is -0.506 e. The van der Waals surface area contributed by atoms with Crippen molar-refractivity contribution in [3.8, 4) is 5.75 Å². The Kier molecular flexibility index (Phi) is 4.15. The van der Waals surface area contributed by atoms with Gasteiger partial charge in [0.1, 0.15) is 11.6 Å². The van der Waals surface area contributed by atoms with Gasteiger partial charge in [-0.1, -0.05) is 0 Å². The molecule has 0 unspecified atom stereocenters. The molecule has 2 nitrogen and oxygen atoms in total. The second-order valence-electron chi connectivity index (χ2n) is 1.75. The summed E-state index contributed by atoms with van der Waals surface area (Å²) in [5.41, 5.74) is 0.295. The lowest BCUT2D eigenvalue weighted by Crippen LogP contribution is -1.86. The summed E-state index contributed by atoms with van der Waals surface area (Å²) in [4.78, 5) is 3.54. The molecule has 0 aromatic carbocycles. The lowest BCUT2D eigenvalue weighted by molar-refractivity contribution is 0.459. The monoisotopic (exact) mass is 197 g/mol. The first-order chi connectivity index (χ1) is 4.74. The van der Waals surface area contributed by atoms with Crippen LogP contribution in [0.5, 0.6) is 5.75 Å². The van der Waals surface area contributed by atoms with E-state index in [0.717, 1.165) is 12.3 Å². The van der Waals surface area contributed by atoms with Crippen LogP contribution in [-0.2, 0) is 5.88 Å². The van der Waals surface area contributed by atoms with Crippen molar-refractivity contribution in [3.63, 3.8) is 0 Å². The summed E-state index contributed by atoms with van der Waals surface area (Å²) in [5.74, 6) is -0.673. The van der Waals surface area contributed by atoms with Crippen molar-refractivity contribution in [2.75, 3.05) is 0 Å². The Morgan fingerprint density at radius 2 is 2.27 bits per heavy atom. The molecule has 0 radical (unpaired) electrons. The molecule has 1 rings (SSSR count). The van der Waals surface area contributed by atoms with Crippen molar-refractivity contribution in [2.24, 2.45) is 0 Å². The lowest BCUT2D eigenvalue weighted by atomic mass is 10.3. The van der Waals surface area contributed by atoms with Crippen molar-refractivity contribution in [1.29, 1.82) is 0 Å². The van der Waals surface area contributed by atoms with Gasteiger partial charge in [-0.15, -0.1) is 24.0 Å². The van der Waals surface area contributed by atoms with E-state index in [9.17, 15) is 4.39 Å². The van der Waals surface area contributed by atoms with Crippen molar-refractivity contribution in [2.45, 2.75) is 5.88 Å². The summed E-state index contributed by atoms with van der Waals surface area (Å²) in [5, 5.41) is 8.90. The van der Waals surface area contributed by atoms with Crippen molar-refractivity contribution in [1.82, 2.24) is 4.98 Å². The second kappa shape index (κ2) is 4.36. The molecule has 0 atom stereocenters. The fourth-order valence-electron chi connectivity index (χ4n) is 0.560. The number of hydrogen-bond donors (Lipinski definition) is 1. The number of halogens is 3. The maximum absolute atomic E-state index is 12.2. The van der Waals surface area contributed by atoms with Gasteiger partial charge < -0.3 is 5.11 Å². The minimum absolute atomic E-state index is 0. The molecule has 0 amide bonds. The average Bonchev–Trinajstić information content (AvgIpc) is 1.88. The van der Waals surface area contributed by atoms with E-state index in [-0.39, 0.29) is 24.0 Å². The second-order valence-corrected chi connectivity index (χ2v) is 2.02. The van der Waals surface area contributed by atoms with Gasteiger partial charge >= 0.3 is 0 Å². The first-order valence-electron chi connectivity index (χ1n) is 2.63. The molecule has 0 saturated heterocycles. The van der Waals surface area contributed by atoms with E-state index in [1.807, 2.05) is 0 Å². The first kappa shape index (κ1) is 10.5. The highest BCUT2D eigenvalue weighted by atomic mass is 35.5. The van der Waals surface area contributed by atoms with Gasteiger partial charge in [0.05, 0.1) is 17.8 Å². The molecule has 0 aliphatic heterocycles. The molecule has 11 heavy (non-hydrogen) atoms. The molecule has 1 heterocycles. The van der Waals surface area contributed by atoms with Crippen LogP contribution in [0, 0.1) is 5.82 Å². The third-order valence-corrected chi connectivity index (χ3v) is 1.29. The van der Waals surface area contributed by atoms with E-state index >= 15 is 0 Å². The normalized spacial score (nSPS) is 8.91. The number of rotatable bonds is 1. The van der Waals surface area contributed by atoms with Gasteiger partial charge in [-0.25, -0.2) is 4.39 Å². The average molecular weight is 198 g/mol. The van der Waals surface area contributed by atoms with Crippen LogP contribution in [0.2, 0.25) is 0 Å². The van der Waals surface area contributed by atoms with Crippen LogP contribution in [-0.4, -0.2) is 10.1 Å². The standard InChI is InChI=1S/C6H5ClFNO.ClH/c7-2-5-6(10)1-4(8)3-9-5;/h1,3,10H,2H2;1H. The first-order valence-corrected chi connectivity index (χ1v) is 3.17. The molecule has 0 bridgehead atoms. The largest absolute Gasteiger partial charge is 0.506 e. The SMILES string of the molecule is Cl.Oc1cc(F)cnc1CCl. The predicted octanol–water partition coefficient (Wildman–Crippen LogP) is 2.09. The fraction of sp³-hybridized carbons (Fsp3) is 0.167. The highest BCUT2D eigenvalue weighted by molar-refractivity contribution is 6.17. The molecule has 0 fully saturated rings. The molecule has 0 aliphatic rings. The zero-order chi connectivity index (χ0) is 7.56. The lowest BCUT2D eigenvalue weighted by Gasteiger charge is -1.96. The third kappa shape index (κ3) is 2.52. The maximum atomic E-state index is 12.2. The van der Waals surface area contributed by atoms with E-state index in [0.29, 0.717) is 5.69 Å². The number of aromatic hydroxyl groups is 1. The van der Waals surface area contributed by atoms with Gasteiger partial charge in [0.15, 0.2) is 0 Å². The minimum atomic E-state index is -0.564. The molecule has 0 spiro atoms. The van der Waals surface area contributed by atoms with Gasteiger partial charge in [-0.3, -0.25) is 4.98 Å². The maximum Gasteiger partial charge on any atom is 0.145 e. The van der Waals surface area contributed by atoms with Gasteiger partial charge in [0, 0.05) is 6.07 Å². The number of aromatic nitrogens is 1. The van der Waals surface area contributed by atoms with Crippen LogP contribution in [0.4, 0.5) is 4.39 Å². The van der Waals surface area contributed by atoms with Crippen LogP contribution in [0.3, 0.4) is 0 Å². The summed E-state index contributed by atoms with van der Waals surface area (Å²) in [6.07, 6.45) is 1.01. The highest BCUT2D eigenvalue weighted by Gasteiger charge is 2.01. The summed E-state index contributed by atoms with van der Waals surface area (Å²) in [7, 11) is 0. The Bertz CT molecular complexity index is 244. The number of nitrogens with zero attached hydrogens (tertiary/aromatic N) is 1. The summed E-state index contributed by atoms with van der Waals surface area (Å²) in [6.45, 7) is 0. The van der Waals surface area contributed by atoms with Gasteiger partial charge in [-0.05, 0) is 0 Å². The van der Waals surface area contributed by atoms with E-state index in [1.165, 1.54) is 0 Å². The smallest absolute Gasteiger partial charge is 0.145 e. The quantitative estimate of drug-likeness (QED) is 0.700. The molecular formula is C6H6Cl2FNO. The van der Waals surface area contributed by atoms with Crippen LogP contribution >= 0.6 is 24.0 Å². The zero-order valence-electron chi connectivity index (χ0n) is 5.42. The number of hydrogen-bond acceptors (Lipinski definition) is 2. The van der Waals surface area contributed by atoms with Crippen molar-refractivity contribution in [3.05, 3.63) is 23.8 Å². The Balaban J connectivity index is 0.000001000. The molecular weight excluding hydrogens is 192 g/mol. The number of pyridine rings is 1. The van der Waals surface area contributed by atoms with Crippen molar-refractivity contribution >= 4 is 24.0 Å². The fourth-order valence-corrected chi connectivity index (χ4v) is 0.766. The van der Waals surface area contributed by atoms with E-state index in [2.05, 4.69) is 4.98 Å². The van der Waals surface area contributed by atoms with E-state index < -0.39 is 5.82 Å². The molecule has 1 aromatic heterocycles. The Morgan fingerprint density at radius 3 is 2.73 bits per heavy atom.